The van der Waals surface area contributed by atoms with Gasteiger partial charge in [0.15, 0.2) is 0 Å². The molecule has 2 amide bonds. The summed E-state index contributed by atoms with van der Waals surface area (Å²) in [5.41, 5.74) is 3.45. The summed E-state index contributed by atoms with van der Waals surface area (Å²) in [5.74, 6) is -0.538. The number of benzene rings is 3. The highest BCUT2D eigenvalue weighted by atomic mass is 32.2. The van der Waals surface area contributed by atoms with Crippen LogP contribution in [0.15, 0.2) is 107 Å². The van der Waals surface area contributed by atoms with Crippen LogP contribution in [0.5, 0.6) is 5.75 Å². The van der Waals surface area contributed by atoms with Gasteiger partial charge in [0, 0.05) is 36.1 Å². The Bertz CT molecular complexity index is 1850. The van der Waals surface area contributed by atoms with E-state index < -0.39 is 17.9 Å². The fourth-order valence-electron chi connectivity index (χ4n) is 6.39. The van der Waals surface area contributed by atoms with Crippen LogP contribution in [0.1, 0.15) is 57.7 Å². The number of likely N-dealkylation sites (tertiary alicyclic amines) is 1. The average Bonchev–Trinajstić information content (AvgIpc) is 3.47. The molecular weight excluding hydrogens is 612 g/mol. The van der Waals surface area contributed by atoms with Gasteiger partial charge in [0.1, 0.15) is 22.5 Å². The van der Waals surface area contributed by atoms with Gasteiger partial charge in [-0.25, -0.2) is 9.78 Å². The number of piperidine rings is 1. The molecule has 9 nitrogen and oxygen atoms in total. The predicted octanol–water partition coefficient (Wildman–Crippen LogP) is 6.61. The van der Waals surface area contributed by atoms with Gasteiger partial charge in [0.05, 0.1) is 17.6 Å². The van der Waals surface area contributed by atoms with Crippen molar-refractivity contribution >= 4 is 40.4 Å². The normalized spacial score (nSPS) is 14.2. The number of carboxylic acid groups (broad SMARTS) is 1. The second-order valence-electron chi connectivity index (χ2n) is 11.7. The lowest BCUT2D eigenvalue weighted by molar-refractivity contribution is -0.134. The van der Waals surface area contributed by atoms with E-state index in [0.717, 1.165) is 24.6 Å². The van der Waals surface area contributed by atoms with Gasteiger partial charge in [-0.15, -0.1) is 0 Å². The first kappa shape index (κ1) is 31.9. The number of pyridine rings is 1. The summed E-state index contributed by atoms with van der Waals surface area (Å²) in [7, 11) is 1.55. The average molecular weight is 649 g/mol. The number of nitrogens with zero attached hydrogens (tertiary/aromatic N) is 2. The molecule has 0 unspecified atom stereocenters. The maximum absolute atomic E-state index is 13.8. The second kappa shape index (κ2) is 14.1. The van der Waals surface area contributed by atoms with Crippen molar-refractivity contribution in [1.29, 1.82) is 0 Å². The minimum atomic E-state index is -1.12. The van der Waals surface area contributed by atoms with Crippen LogP contribution in [0.25, 0.3) is 10.9 Å². The molecule has 1 aliphatic rings. The molecule has 2 aromatic heterocycles. The Labute approximate surface area is 277 Å². The first-order valence-electron chi connectivity index (χ1n) is 15.6. The summed E-state index contributed by atoms with van der Waals surface area (Å²) in [6.45, 7) is 2.90. The summed E-state index contributed by atoms with van der Waals surface area (Å²) in [6.07, 6.45) is 3.21. The minimum Gasteiger partial charge on any atom is -0.497 e. The van der Waals surface area contributed by atoms with E-state index in [4.69, 9.17) is 4.74 Å². The van der Waals surface area contributed by atoms with E-state index in [-0.39, 0.29) is 28.1 Å². The summed E-state index contributed by atoms with van der Waals surface area (Å²) in [5, 5.41) is 13.5. The number of rotatable bonds is 10. The Morgan fingerprint density at radius 2 is 1.62 bits per heavy atom. The van der Waals surface area contributed by atoms with Gasteiger partial charge in [-0.1, -0.05) is 72.4 Å². The monoisotopic (exact) mass is 648 g/mol. The van der Waals surface area contributed by atoms with Gasteiger partial charge in [-0.05, 0) is 67.1 Å². The lowest BCUT2D eigenvalue weighted by Crippen LogP contribution is -2.49. The predicted molar refractivity (Wildman–Crippen MR) is 181 cm³/mol. The Balaban J connectivity index is 1.18. The highest BCUT2D eigenvalue weighted by Gasteiger charge is 2.33. The largest absolute Gasteiger partial charge is 0.497 e. The van der Waals surface area contributed by atoms with Crippen LogP contribution in [-0.4, -0.2) is 64.0 Å². The number of carbonyl (C=O) groups excluding carboxylic acids is 2. The maximum Gasteiger partial charge on any atom is 0.338 e. The molecule has 3 heterocycles. The van der Waals surface area contributed by atoms with Crippen molar-refractivity contribution in [3.8, 4) is 5.75 Å². The molecule has 1 fully saturated rings. The molecule has 0 spiro atoms. The Hall–Kier alpha value is -5.09. The van der Waals surface area contributed by atoms with Gasteiger partial charge in [0.25, 0.3) is 5.91 Å². The number of methoxy groups -OCH3 is 1. The van der Waals surface area contributed by atoms with E-state index in [1.54, 1.807) is 38.3 Å². The van der Waals surface area contributed by atoms with E-state index in [1.807, 2.05) is 17.0 Å². The summed E-state index contributed by atoms with van der Waals surface area (Å²) >= 11 is 1.08. The minimum absolute atomic E-state index is 0.0230. The van der Waals surface area contributed by atoms with Gasteiger partial charge < -0.3 is 25.0 Å². The molecule has 240 valence electrons. The van der Waals surface area contributed by atoms with E-state index in [2.05, 4.69) is 63.8 Å². The van der Waals surface area contributed by atoms with Crippen LogP contribution in [0.4, 0.5) is 0 Å². The molecule has 0 bridgehead atoms. The van der Waals surface area contributed by atoms with E-state index in [9.17, 15) is 19.5 Å². The number of H-pyrrole nitrogens is 1. The molecule has 0 aliphatic carbocycles. The van der Waals surface area contributed by atoms with Gasteiger partial charge in [-0.2, -0.15) is 0 Å². The first-order valence-corrected chi connectivity index (χ1v) is 16.4. The third kappa shape index (κ3) is 6.88. The van der Waals surface area contributed by atoms with Crippen LogP contribution in [-0.2, 0) is 4.79 Å². The molecular formula is C37H36N4O5S. The zero-order chi connectivity index (χ0) is 32.9. The van der Waals surface area contributed by atoms with Crippen molar-refractivity contribution in [2.75, 3.05) is 20.2 Å². The zero-order valence-electron chi connectivity index (χ0n) is 26.2. The van der Waals surface area contributed by atoms with Crippen molar-refractivity contribution in [3.63, 3.8) is 0 Å². The van der Waals surface area contributed by atoms with Crippen LogP contribution in [0.3, 0.4) is 0 Å². The SMILES string of the molecule is COc1ccc2[nH]c(C(=O)N[C@H](C)C(=O)N3CCC(C(c4ccccc4)c4ccccc4)CC3)c(Sc3ncccc3C(=O)O)c2c1. The van der Waals surface area contributed by atoms with E-state index >= 15 is 0 Å². The summed E-state index contributed by atoms with van der Waals surface area (Å²) in [6, 6.07) is 28.7. The van der Waals surface area contributed by atoms with Crippen molar-refractivity contribution in [2.45, 2.75) is 41.6 Å². The van der Waals surface area contributed by atoms with Crippen molar-refractivity contribution in [3.05, 3.63) is 120 Å². The van der Waals surface area contributed by atoms with E-state index in [1.165, 1.54) is 23.4 Å². The third-order valence-corrected chi connectivity index (χ3v) is 9.89. The van der Waals surface area contributed by atoms with Crippen LogP contribution in [0, 0.1) is 5.92 Å². The first-order chi connectivity index (χ1) is 22.8. The van der Waals surface area contributed by atoms with Crippen LogP contribution in [0.2, 0.25) is 0 Å². The molecule has 5 aromatic rings. The molecule has 3 N–H and O–H groups in total. The summed E-state index contributed by atoms with van der Waals surface area (Å²) in [4.78, 5) is 49.1. The Morgan fingerprint density at radius 3 is 2.23 bits per heavy atom. The van der Waals surface area contributed by atoms with Crippen molar-refractivity contribution in [2.24, 2.45) is 5.92 Å². The molecule has 3 aromatic carbocycles. The van der Waals surface area contributed by atoms with E-state index in [0.29, 0.717) is 40.6 Å². The smallest absolute Gasteiger partial charge is 0.338 e. The van der Waals surface area contributed by atoms with Crippen molar-refractivity contribution in [1.82, 2.24) is 20.2 Å². The second-order valence-corrected chi connectivity index (χ2v) is 12.7. The molecule has 1 atom stereocenters. The van der Waals surface area contributed by atoms with Gasteiger partial charge in [0.2, 0.25) is 5.91 Å². The number of aromatic nitrogens is 2. The van der Waals surface area contributed by atoms with Gasteiger partial charge in [-0.3, -0.25) is 9.59 Å². The number of hydrogen-bond donors (Lipinski definition) is 3. The molecule has 10 heteroatoms. The molecule has 0 saturated carbocycles. The number of carboxylic acids is 1. The lowest BCUT2D eigenvalue weighted by atomic mass is 9.76. The quantitative estimate of drug-likeness (QED) is 0.156. The highest BCUT2D eigenvalue weighted by Crippen LogP contribution is 2.40. The Morgan fingerprint density at radius 1 is 0.957 bits per heavy atom. The molecule has 6 rings (SSSR count). The molecule has 0 radical (unpaired) electrons. The highest BCUT2D eigenvalue weighted by molar-refractivity contribution is 7.99. The number of hydrogen-bond acceptors (Lipinski definition) is 6. The number of fused-ring (bicyclic) bond motifs is 1. The third-order valence-electron chi connectivity index (χ3n) is 8.74. The number of carbonyl (C=O) groups is 3. The fraction of sp³-hybridized carbons (Fsp3) is 0.243. The number of aromatic amines is 1. The standard InChI is InChI=1S/C37H36N4O5S/c1-23(36(43)41-20-17-26(18-21-41)31(24-10-5-3-6-11-24)25-12-7-4-8-13-25)39-34(42)32-33(29-22-27(46-2)15-16-30(29)40-32)47-35-28(37(44)45)14-9-19-38-35/h3-16,19,22-23,26,31,40H,17-18,20-21H2,1-2H3,(H,39,42)(H,44,45)/t23-/m1/s1. The maximum atomic E-state index is 13.8. The van der Waals surface area contributed by atoms with Crippen molar-refractivity contribution < 1.29 is 24.2 Å². The fourth-order valence-corrected chi connectivity index (χ4v) is 7.48. The number of ether oxygens (including phenoxy) is 1. The lowest BCUT2D eigenvalue weighted by Gasteiger charge is -2.37. The number of aromatic carboxylic acids is 1. The molecule has 1 aliphatic heterocycles. The molecule has 1 saturated heterocycles. The van der Waals surface area contributed by atoms with Gasteiger partial charge >= 0.3 is 5.97 Å². The number of amides is 2. The topological polar surface area (TPSA) is 125 Å². The Kier molecular flexibility index (Phi) is 9.58. The number of nitrogens with one attached hydrogen (secondary N) is 2. The zero-order valence-corrected chi connectivity index (χ0v) is 27.0. The van der Waals surface area contributed by atoms with Crippen LogP contribution < -0.4 is 10.1 Å². The van der Waals surface area contributed by atoms with Crippen LogP contribution >= 0.6 is 11.8 Å². The summed E-state index contributed by atoms with van der Waals surface area (Å²) < 4.78 is 5.41. The molecule has 47 heavy (non-hydrogen) atoms.